The average molecular weight is 241 g/mol. The molecular formula is C9H8F5NO. The van der Waals surface area contributed by atoms with Gasteiger partial charge >= 0.3 is 0 Å². The fourth-order valence-corrected chi connectivity index (χ4v) is 1.10. The van der Waals surface area contributed by atoms with Gasteiger partial charge in [-0.2, -0.15) is 0 Å². The lowest BCUT2D eigenvalue weighted by Gasteiger charge is -2.22. The Kier molecular flexibility index (Phi) is 3.49. The van der Waals surface area contributed by atoms with Crippen LogP contribution < -0.4 is 5.73 Å². The van der Waals surface area contributed by atoms with E-state index in [4.69, 9.17) is 10.8 Å². The molecule has 90 valence electrons. The molecule has 0 unspecified atom stereocenters. The fraction of sp³-hybridized carbons (Fsp3) is 0.333. The molecule has 0 aromatic heterocycles. The minimum absolute atomic E-state index is 0.123. The maximum Gasteiger partial charge on any atom is 0.289 e. The van der Waals surface area contributed by atoms with Gasteiger partial charge in [-0.25, -0.2) is 22.0 Å². The molecule has 0 spiro atoms. The van der Waals surface area contributed by atoms with E-state index in [1.807, 2.05) is 0 Å². The number of alkyl halides is 2. The summed E-state index contributed by atoms with van der Waals surface area (Å²) in [4.78, 5) is 0. The highest BCUT2D eigenvalue weighted by atomic mass is 19.3. The second-order valence-electron chi connectivity index (χ2n) is 3.18. The maximum absolute atomic E-state index is 13.0. The summed E-state index contributed by atoms with van der Waals surface area (Å²) in [5.74, 6) is -8.19. The summed E-state index contributed by atoms with van der Waals surface area (Å²) in [5, 5.41) is 8.32. The van der Waals surface area contributed by atoms with Crippen LogP contribution in [0.15, 0.2) is 12.1 Å². The lowest BCUT2D eigenvalue weighted by molar-refractivity contribution is -0.0719. The molecule has 16 heavy (non-hydrogen) atoms. The van der Waals surface area contributed by atoms with Gasteiger partial charge in [-0.05, 0) is 6.07 Å². The van der Waals surface area contributed by atoms with E-state index in [-0.39, 0.29) is 12.1 Å². The summed E-state index contributed by atoms with van der Waals surface area (Å²) in [6.07, 6.45) is 0. The molecule has 1 atom stereocenters. The van der Waals surface area contributed by atoms with Gasteiger partial charge in [0, 0.05) is 11.6 Å². The lowest BCUT2D eigenvalue weighted by Crippen LogP contribution is -2.37. The standard InChI is InChI=1S/C9H8F5NO/c10-5-2-7(12)6(11)1-4(5)8(15)9(13,14)3-16/h1-2,8,16H,3,15H2/t8-/m0/s1. The van der Waals surface area contributed by atoms with Gasteiger partial charge in [0.15, 0.2) is 11.6 Å². The van der Waals surface area contributed by atoms with Gasteiger partial charge in [0.05, 0.1) is 6.04 Å². The molecule has 1 aromatic carbocycles. The van der Waals surface area contributed by atoms with E-state index in [1.54, 1.807) is 0 Å². The smallest absolute Gasteiger partial charge is 0.289 e. The SMILES string of the molecule is N[C@@H](c1cc(F)c(F)cc1F)C(F)(F)CO. The quantitative estimate of drug-likeness (QED) is 0.625. The summed E-state index contributed by atoms with van der Waals surface area (Å²) >= 11 is 0. The van der Waals surface area contributed by atoms with Crippen LogP contribution >= 0.6 is 0 Å². The Morgan fingerprint density at radius 3 is 2.12 bits per heavy atom. The number of nitrogens with two attached hydrogens (primary N) is 1. The number of halogens is 5. The largest absolute Gasteiger partial charge is 0.390 e. The highest BCUT2D eigenvalue weighted by Gasteiger charge is 2.39. The first-order valence-corrected chi connectivity index (χ1v) is 4.18. The molecule has 7 heteroatoms. The molecule has 0 saturated carbocycles. The topological polar surface area (TPSA) is 46.2 Å². The Bertz CT molecular complexity index is 396. The van der Waals surface area contributed by atoms with Crippen LogP contribution in [0.4, 0.5) is 22.0 Å². The molecule has 0 heterocycles. The van der Waals surface area contributed by atoms with Gasteiger partial charge in [-0.15, -0.1) is 0 Å². The third-order valence-electron chi connectivity index (χ3n) is 2.04. The van der Waals surface area contributed by atoms with E-state index in [9.17, 15) is 22.0 Å². The molecule has 0 saturated heterocycles. The summed E-state index contributed by atoms with van der Waals surface area (Å²) in [6, 6.07) is -1.87. The molecule has 3 N–H and O–H groups in total. The zero-order valence-corrected chi connectivity index (χ0v) is 7.85. The van der Waals surface area contributed by atoms with Gasteiger partial charge in [-0.3, -0.25) is 0 Å². The van der Waals surface area contributed by atoms with Gasteiger partial charge < -0.3 is 10.8 Å². The average Bonchev–Trinajstić information content (AvgIpc) is 2.22. The minimum Gasteiger partial charge on any atom is -0.390 e. The van der Waals surface area contributed by atoms with Crippen LogP contribution in [0.2, 0.25) is 0 Å². The zero-order valence-electron chi connectivity index (χ0n) is 7.85. The number of aliphatic hydroxyl groups excluding tert-OH is 1. The summed E-state index contributed by atoms with van der Waals surface area (Å²) in [7, 11) is 0. The van der Waals surface area contributed by atoms with E-state index >= 15 is 0 Å². The Labute approximate surface area is 87.5 Å². The summed E-state index contributed by atoms with van der Waals surface area (Å²) in [6.45, 7) is -1.62. The van der Waals surface area contributed by atoms with Crippen molar-refractivity contribution >= 4 is 0 Å². The first kappa shape index (κ1) is 12.9. The molecule has 1 aromatic rings. The zero-order chi connectivity index (χ0) is 12.5. The predicted octanol–water partition coefficient (Wildman–Crippen LogP) is 1.73. The van der Waals surface area contributed by atoms with Crippen molar-refractivity contribution in [1.29, 1.82) is 0 Å². The van der Waals surface area contributed by atoms with Crippen molar-refractivity contribution in [2.45, 2.75) is 12.0 Å². The highest BCUT2D eigenvalue weighted by Crippen LogP contribution is 2.31. The van der Waals surface area contributed by atoms with Gasteiger partial charge in [0.2, 0.25) is 0 Å². The van der Waals surface area contributed by atoms with E-state index < -0.39 is 41.6 Å². The fourth-order valence-electron chi connectivity index (χ4n) is 1.10. The molecule has 0 aliphatic heterocycles. The Balaban J connectivity index is 3.19. The maximum atomic E-state index is 13.0. The van der Waals surface area contributed by atoms with Crippen LogP contribution in [0.25, 0.3) is 0 Å². The second-order valence-corrected chi connectivity index (χ2v) is 3.18. The molecule has 0 bridgehead atoms. The Hall–Kier alpha value is -1.21. The third-order valence-corrected chi connectivity index (χ3v) is 2.04. The van der Waals surface area contributed by atoms with E-state index in [0.29, 0.717) is 0 Å². The molecule has 0 aliphatic rings. The third kappa shape index (κ3) is 2.30. The Morgan fingerprint density at radius 2 is 1.62 bits per heavy atom. The number of hydrogen-bond acceptors (Lipinski definition) is 2. The van der Waals surface area contributed by atoms with Gasteiger partial charge in [0.1, 0.15) is 12.4 Å². The molecule has 0 radical (unpaired) electrons. The number of aliphatic hydroxyl groups is 1. The molecule has 1 rings (SSSR count). The molecule has 0 amide bonds. The molecule has 0 aliphatic carbocycles. The van der Waals surface area contributed by atoms with Gasteiger partial charge in [0.25, 0.3) is 5.92 Å². The van der Waals surface area contributed by atoms with Crippen molar-refractivity contribution in [1.82, 2.24) is 0 Å². The van der Waals surface area contributed by atoms with Crippen LogP contribution in [0, 0.1) is 17.5 Å². The van der Waals surface area contributed by atoms with Crippen LogP contribution in [-0.2, 0) is 0 Å². The van der Waals surface area contributed by atoms with Crippen molar-refractivity contribution in [2.75, 3.05) is 6.61 Å². The highest BCUT2D eigenvalue weighted by molar-refractivity contribution is 5.25. The predicted molar refractivity (Wildman–Crippen MR) is 45.3 cm³/mol. The van der Waals surface area contributed by atoms with Crippen LogP contribution in [0.3, 0.4) is 0 Å². The number of hydrogen-bond donors (Lipinski definition) is 2. The van der Waals surface area contributed by atoms with Crippen molar-refractivity contribution in [3.63, 3.8) is 0 Å². The van der Waals surface area contributed by atoms with Crippen LogP contribution in [0.1, 0.15) is 11.6 Å². The van der Waals surface area contributed by atoms with Crippen LogP contribution in [0.5, 0.6) is 0 Å². The van der Waals surface area contributed by atoms with Crippen molar-refractivity contribution in [3.05, 3.63) is 35.1 Å². The van der Waals surface area contributed by atoms with Crippen molar-refractivity contribution in [2.24, 2.45) is 5.73 Å². The molecule has 0 fully saturated rings. The minimum atomic E-state index is -3.81. The van der Waals surface area contributed by atoms with Gasteiger partial charge in [-0.1, -0.05) is 0 Å². The van der Waals surface area contributed by atoms with E-state index in [1.165, 1.54) is 0 Å². The van der Waals surface area contributed by atoms with Crippen molar-refractivity contribution in [3.8, 4) is 0 Å². The number of benzene rings is 1. The first-order valence-electron chi connectivity index (χ1n) is 4.18. The Morgan fingerprint density at radius 1 is 1.12 bits per heavy atom. The van der Waals surface area contributed by atoms with E-state index in [0.717, 1.165) is 0 Å². The molecule has 2 nitrogen and oxygen atoms in total. The summed E-state index contributed by atoms with van der Waals surface area (Å²) < 4.78 is 64.0. The first-order chi connectivity index (χ1) is 7.29. The van der Waals surface area contributed by atoms with Crippen LogP contribution in [-0.4, -0.2) is 17.6 Å². The summed E-state index contributed by atoms with van der Waals surface area (Å²) in [5.41, 5.74) is 4.07. The normalized spacial score (nSPS) is 13.9. The van der Waals surface area contributed by atoms with E-state index in [2.05, 4.69) is 0 Å². The second kappa shape index (κ2) is 4.34. The molecular weight excluding hydrogens is 233 g/mol. The lowest BCUT2D eigenvalue weighted by atomic mass is 10.0. The monoisotopic (exact) mass is 241 g/mol. The number of rotatable bonds is 3. The van der Waals surface area contributed by atoms with Crippen molar-refractivity contribution < 1.29 is 27.1 Å².